The van der Waals surface area contributed by atoms with Gasteiger partial charge in [-0.15, -0.1) is 0 Å². The third-order valence-electron chi connectivity index (χ3n) is 5.18. The van der Waals surface area contributed by atoms with Crippen LogP contribution in [0, 0.1) is 18.8 Å². The topological polar surface area (TPSA) is 78.9 Å². The van der Waals surface area contributed by atoms with Gasteiger partial charge in [0.1, 0.15) is 17.2 Å². The zero-order valence-corrected chi connectivity index (χ0v) is 21.4. The van der Waals surface area contributed by atoms with E-state index in [9.17, 15) is 14.4 Å². The summed E-state index contributed by atoms with van der Waals surface area (Å²) in [5, 5.41) is 0. The average Bonchev–Trinajstić information content (AvgIpc) is 2.89. The molecule has 0 saturated heterocycles. The molecule has 0 unspecified atom stereocenters. The number of carbonyl (C=O) groups excluding carboxylic acids is 3. The van der Waals surface area contributed by atoms with Crippen LogP contribution in [0.25, 0.3) is 11.1 Å². The zero-order chi connectivity index (χ0) is 27.8. The van der Waals surface area contributed by atoms with Crippen molar-refractivity contribution in [2.75, 3.05) is 0 Å². The molecule has 6 nitrogen and oxygen atoms in total. The summed E-state index contributed by atoms with van der Waals surface area (Å²) in [7, 11) is 0. The second-order valence-corrected chi connectivity index (χ2v) is 8.43. The van der Waals surface area contributed by atoms with Crippen LogP contribution in [0.5, 0.6) is 17.2 Å². The molecule has 0 bridgehead atoms. The highest BCUT2D eigenvalue weighted by Gasteiger charge is 2.14. The van der Waals surface area contributed by atoms with Gasteiger partial charge in [0, 0.05) is 33.9 Å². The molecule has 0 N–H and O–H groups in total. The first-order chi connectivity index (χ1) is 18.1. The molecule has 190 valence electrons. The first-order valence-electron chi connectivity index (χ1n) is 11.5. The van der Waals surface area contributed by atoms with Crippen LogP contribution < -0.4 is 14.2 Å². The summed E-state index contributed by atoms with van der Waals surface area (Å²) in [5.74, 6) is 5.62. The second kappa shape index (κ2) is 12.2. The normalized spacial score (nSPS) is 9.87. The standard InChI is InChI=1S/C32H26O6/c1-7-30(33)38-29-19-25(11-8-23-9-14-26(15-10-23)36-31(34)20(2)3)22(6)18-28(29)24-12-16-27(17-13-24)37-32(35)21(4)5/h7,9-10,12-19H,1-2,4H2,3,5-6H3. The molecule has 0 saturated carbocycles. The van der Waals surface area contributed by atoms with Crippen LogP contribution in [0.3, 0.4) is 0 Å². The lowest BCUT2D eigenvalue weighted by Crippen LogP contribution is -2.08. The largest absolute Gasteiger partial charge is 0.423 e. The Bertz CT molecular complexity index is 1500. The number of esters is 3. The van der Waals surface area contributed by atoms with Crippen molar-refractivity contribution >= 4 is 17.9 Å². The Morgan fingerprint density at radius 3 is 1.79 bits per heavy atom. The van der Waals surface area contributed by atoms with Gasteiger partial charge in [0.2, 0.25) is 0 Å². The van der Waals surface area contributed by atoms with Crippen molar-refractivity contribution in [1.29, 1.82) is 0 Å². The van der Waals surface area contributed by atoms with E-state index in [4.69, 9.17) is 14.2 Å². The summed E-state index contributed by atoms with van der Waals surface area (Å²) in [6.07, 6.45) is 1.08. The predicted octanol–water partition coefficient (Wildman–Crippen LogP) is 6.12. The van der Waals surface area contributed by atoms with E-state index in [-0.39, 0.29) is 0 Å². The van der Waals surface area contributed by atoms with Gasteiger partial charge in [0.15, 0.2) is 0 Å². The zero-order valence-electron chi connectivity index (χ0n) is 21.4. The Morgan fingerprint density at radius 1 is 0.763 bits per heavy atom. The SMILES string of the molecule is C=CC(=O)Oc1cc(C#Cc2ccc(OC(=O)C(=C)C)cc2)c(C)cc1-c1ccc(OC(=O)C(=C)C)cc1. The van der Waals surface area contributed by atoms with E-state index in [1.54, 1.807) is 68.4 Å². The second-order valence-electron chi connectivity index (χ2n) is 8.43. The van der Waals surface area contributed by atoms with Crippen LogP contribution in [0.2, 0.25) is 0 Å². The molecule has 0 radical (unpaired) electrons. The highest BCUT2D eigenvalue weighted by molar-refractivity contribution is 5.89. The van der Waals surface area contributed by atoms with Crippen molar-refractivity contribution in [3.8, 4) is 40.2 Å². The quantitative estimate of drug-likeness (QED) is 0.166. The van der Waals surface area contributed by atoms with Crippen LogP contribution in [-0.2, 0) is 14.4 Å². The van der Waals surface area contributed by atoms with Crippen LogP contribution in [0.1, 0.15) is 30.5 Å². The van der Waals surface area contributed by atoms with Gasteiger partial charge in [-0.2, -0.15) is 0 Å². The van der Waals surface area contributed by atoms with Crippen LogP contribution in [0.15, 0.2) is 97.6 Å². The highest BCUT2D eigenvalue weighted by atomic mass is 16.5. The summed E-state index contributed by atoms with van der Waals surface area (Å²) in [4.78, 5) is 35.5. The molecule has 0 amide bonds. The third kappa shape index (κ3) is 7.19. The average molecular weight is 507 g/mol. The Kier molecular flexibility index (Phi) is 8.81. The minimum Gasteiger partial charge on any atom is -0.423 e. The fourth-order valence-corrected chi connectivity index (χ4v) is 3.12. The van der Waals surface area contributed by atoms with Gasteiger partial charge in [-0.05, 0) is 80.4 Å². The first kappa shape index (κ1) is 27.4. The molecule has 3 aromatic carbocycles. The number of aryl methyl sites for hydroxylation is 1. The lowest BCUT2D eigenvalue weighted by Gasteiger charge is -2.13. The Morgan fingerprint density at radius 2 is 1.29 bits per heavy atom. The minimum atomic E-state index is -0.610. The molecule has 6 heteroatoms. The van der Waals surface area contributed by atoms with Crippen molar-refractivity contribution < 1.29 is 28.6 Å². The van der Waals surface area contributed by atoms with Crippen molar-refractivity contribution in [2.24, 2.45) is 0 Å². The third-order valence-corrected chi connectivity index (χ3v) is 5.18. The van der Waals surface area contributed by atoms with E-state index in [2.05, 4.69) is 31.6 Å². The lowest BCUT2D eigenvalue weighted by atomic mass is 9.98. The fourth-order valence-electron chi connectivity index (χ4n) is 3.12. The molecule has 0 fully saturated rings. The molecule has 38 heavy (non-hydrogen) atoms. The Hall–Kier alpha value is -5.15. The lowest BCUT2D eigenvalue weighted by molar-refractivity contribution is -0.130. The summed E-state index contributed by atoms with van der Waals surface area (Å²) in [6, 6.07) is 17.1. The predicted molar refractivity (Wildman–Crippen MR) is 146 cm³/mol. The maximum atomic E-state index is 12.0. The number of hydrogen-bond donors (Lipinski definition) is 0. The summed E-state index contributed by atoms with van der Waals surface area (Å²) in [6.45, 7) is 15.6. The van der Waals surface area contributed by atoms with E-state index in [0.29, 0.717) is 45.1 Å². The molecule has 0 aliphatic heterocycles. The Labute approximate surface area is 221 Å². The van der Waals surface area contributed by atoms with Crippen LogP contribution in [-0.4, -0.2) is 17.9 Å². The van der Waals surface area contributed by atoms with Gasteiger partial charge < -0.3 is 14.2 Å². The monoisotopic (exact) mass is 506 g/mol. The van der Waals surface area contributed by atoms with E-state index in [1.807, 2.05) is 13.0 Å². The number of benzene rings is 3. The molecule has 0 aliphatic rings. The molecule has 0 aromatic heterocycles. The Balaban J connectivity index is 1.91. The molecular weight excluding hydrogens is 480 g/mol. The van der Waals surface area contributed by atoms with Gasteiger partial charge in [-0.3, -0.25) is 0 Å². The van der Waals surface area contributed by atoms with Crippen molar-refractivity contribution in [2.45, 2.75) is 20.8 Å². The van der Waals surface area contributed by atoms with Crippen LogP contribution >= 0.6 is 0 Å². The van der Waals surface area contributed by atoms with E-state index < -0.39 is 17.9 Å². The van der Waals surface area contributed by atoms with E-state index in [1.165, 1.54) is 0 Å². The molecule has 0 aliphatic carbocycles. The van der Waals surface area contributed by atoms with Crippen molar-refractivity contribution in [3.05, 3.63) is 114 Å². The summed E-state index contributed by atoms with van der Waals surface area (Å²) in [5.41, 5.74) is 4.22. The van der Waals surface area contributed by atoms with Crippen molar-refractivity contribution in [3.63, 3.8) is 0 Å². The smallest absolute Gasteiger partial charge is 0.338 e. The molecule has 0 heterocycles. The van der Waals surface area contributed by atoms with Crippen molar-refractivity contribution in [1.82, 2.24) is 0 Å². The van der Waals surface area contributed by atoms with Gasteiger partial charge in [0.05, 0.1) is 0 Å². The molecule has 3 aromatic rings. The van der Waals surface area contributed by atoms with Gasteiger partial charge in [-0.25, -0.2) is 14.4 Å². The maximum Gasteiger partial charge on any atom is 0.338 e. The van der Waals surface area contributed by atoms with Crippen LogP contribution in [0.4, 0.5) is 0 Å². The van der Waals surface area contributed by atoms with E-state index >= 15 is 0 Å². The first-order valence-corrected chi connectivity index (χ1v) is 11.5. The number of ether oxygens (including phenoxy) is 3. The van der Waals surface area contributed by atoms with Gasteiger partial charge >= 0.3 is 17.9 Å². The fraction of sp³-hybridized carbons (Fsp3) is 0.0938. The molecule has 3 rings (SSSR count). The summed E-state index contributed by atoms with van der Waals surface area (Å²) >= 11 is 0. The van der Waals surface area contributed by atoms with Gasteiger partial charge in [0.25, 0.3) is 0 Å². The molecule has 0 atom stereocenters. The molecule has 0 spiro atoms. The van der Waals surface area contributed by atoms with Gasteiger partial charge in [-0.1, -0.05) is 43.7 Å². The summed E-state index contributed by atoms with van der Waals surface area (Å²) < 4.78 is 16.0. The molecular formula is C32H26O6. The maximum absolute atomic E-state index is 12.0. The highest BCUT2D eigenvalue weighted by Crippen LogP contribution is 2.34. The number of carbonyl (C=O) groups is 3. The minimum absolute atomic E-state index is 0.294. The number of hydrogen-bond acceptors (Lipinski definition) is 6. The van der Waals surface area contributed by atoms with E-state index in [0.717, 1.165) is 17.2 Å². The number of rotatable bonds is 7.